The van der Waals surface area contributed by atoms with Crippen LogP contribution in [-0.4, -0.2) is 24.8 Å². The van der Waals surface area contributed by atoms with E-state index in [1.165, 1.54) is 6.07 Å². The summed E-state index contributed by atoms with van der Waals surface area (Å²) < 4.78 is 38.5. The van der Waals surface area contributed by atoms with Crippen LogP contribution in [0.15, 0.2) is 18.2 Å². The lowest BCUT2D eigenvalue weighted by Crippen LogP contribution is -2.15. The monoisotopic (exact) mass is 273 g/mol. The van der Waals surface area contributed by atoms with Crippen LogP contribution < -0.4 is 0 Å². The first-order valence-corrected chi connectivity index (χ1v) is 6.01. The molecule has 0 heterocycles. The first-order valence-electron chi connectivity index (χ1n) is 6.01. The highest BCUT2D eigenvalue weighted by molar-refractivity contribution is 5.97. The molecule has 106 valence electrons. The van der Waals surface area contributed by atoms with Gasteiger partial charge in [0.1, 0.15) is 0 Å². The molecule has 1 aromatic carbocycles. The van der Waals surface area contributed by atoms with E-state index < -0.39 is 11.7 Å². The van der Waals surface area contributed by atoms with Crippen molar-refractivity contribution in [3.05, 3.63) is 34.9 Å². The molecular weight excluding hydrogens is 255 g/mol. The molecule has 0 aliphatic carbocycles. The summed E-state index contributed by atoms with van der Waals surface area (Å²) in [7, 11) is 3.54. The van der Waals surface area contributed by atoms with Gasteiger partial charge in [-0.25, -0.2) is 0 Å². The number of Topliss-reactive ketones (excluding diaryl/α,β-unsaturated/α-hetero) is 1. The third-order valence-electron chi connectivity index (χ3n) is 2.63. The molecule has 19 heavy (non-hydrogen) atoms. The molecule has 0 aromatic heterocycles. The van der Waals surface area contributed by atoms with Gasteiger partial charge in [0.25, 0.3) is 0 Å². The van der Waals surface area contributed by atoms with Gasteiger partial charge in [0.2, 0.25) is 0 Å². The number of rotatable bonds is 4. The molecule has 0 amide bonds. The zero-order chi connectivity index (χ0) is 14.8. The number of hydrogen-bond acceptors (Lipinski definition) is 2. The van der Waals surface area contributed by atoms with Gasteiger partial charge in [-0.05, 0) is 37.9 Å². The average molecular weight is 273 g/mol. The highest BCUT2D eigenvalue weighted by Gasteiger charge is 2.32. The van der Waals surface area contributed by atoms with E-state index in [0.29, 0.717) is 12.1 Å². The highest BCUT2D eigenvalue weighted by Crippen LogP contribution is 2.31. The normalized spacial score (nSPS) is 12.3. The third-order valence-corrected chi connectivity index (χ3v) is 2.63. The molecule has 0 N–H and O–H groups in total. The van der Waals surface area contributed by atoms with E-state index in [2.05, 4.69) is 0 Å². The Labute approximate surface area is 111 Å². The number of ketones is 1. The summed E-state index contributed by atoms with van der Waals surface area (Å²) in [6.45, 7) is 3.71. The molecule has 1 aromatic rings. The third kappa shape index (κ3) is 4.35. The smallest absolute Gasteiger partial charge is 0.305 e. The molecule has 0 saturated heterocycles. The number of alkyl halides is 3. The van der Waals surface area contributed by atoms with Gasteiger partial charge in [-0.1, -0.05) is 13.8 Å². The molecule has 5 heteroatoms. The quantitative estimate of drug-likeness (QED) is 0.781. The van der Waals surface area contributed by atoms with Gasteiger partial charge in [-0.2, -0.15) is 13.2 Å². The van der Waals surface area contributed by atoms with Gasteiger partial charge in [0, 0.05) is 18.0 Å². The largest absolute Gasteiger partial charge is 0.416 e. The molecule has 0 radical (unpaired) electrons. The van der Waals surface area contributed by atoms with Gasteiger partial charge in [0.05, 0.1) is 5.56 Å². The Balaban J connectivity index is 3.28. The van der Waals surface area contributed by atoms with Crippen LogP contribution in [0.25, 0.3) is 0 Å². The Morgan fingerprint density at radius 2 is 1.79 bits per heavy atom. The van der Waals surface area contributed by atoms with Gasteiger partial charge >= 0.3 is 6.18 Å². The average Bonchev–Trinajstić information content (AvgIpc) is 2.25. The molecule has 1 rings (SSSR count). The standard InChI is InChI=1S/C14H18F3NO/c1-9(2)13(19)11-5-10(8-18(3)4)6-12(7-11)14(15,16)17/h5-7,9H,8H2,1-4H3. The van der Waals surface area contributed by atoms with Crippen molar-refractivity contribution >= 4 is 5.78 Å². The van der Waals surface area contributed by atoms with Crippen molar-refractivity contribution in [3.8, 4) is 0 Å². The first kappa shape index (κ1) is 15.7. The number of hydrogen-bond donors (Lipinski definition) is 0. The predicted molar refractivity (Wildman–Crippen MR) is 68.0 cm³/mol. The lowest BCUT2D eigenvalue weighted by molar-refractivity contribution is -0.137. The van der Waals surface area contributed by atoms with Crippen molar-refractivity contribution < 1.29 is 18.0 Å². The second kappa shape index (κ2) is 5.74. The van der Waals surface area contributed by atoms with Gasteiger partial charge in [-0.15, -0.1) is 0 Å². The van der Waals surface area contributed by atoms with Crippen LogP contribution in [0.2, 0.25) is 0 Å². The zero-order valence-electron chi connectivity index (χ0n) is 11.5. The zero-order valence-corrected chi connectivity index (χ0v) is 11.5. The van der Waals surface area contributed by atoms with E-state index in [-0.39, 0.29) is 17.3 Å². The number of carbonyl (C=O) groups is 1. The van der Waals surface area contributed by atoms with Crippen molar-refractivity contribution in [3.63, 3.8) is 0 Å². The van der Waals surface area contributed by atoms with Crippen molar-refractivity contribution in [2.75, 3.05) is 14.1 Å². The fourth-order valence-corrected chi connectivity index (χ4v) is 1.79. The molecule has 0 atom stereocenters. The maximum Gasteiger partial charge on any atom is 0.416 e. The molecule has 0 aliphatic rings. The molecule has 0 saturated carbocycles. The minimum absolute atomic E-state index is 0.127. The summed E-state index contributed by atoms with van der Waals surface area (Å²) in [5.74, 6) is -0.596. The SMILES string of the molecule is CC(C)C(=O)c1cc(CN(C)C)cc(C(F)(F)F)c1. The predicted octanol–water partition coefficient (Wildman–Crippen LogP) is 3.61. The van der Waals surface area contributed by atoms with Crippen LogP contribution in [0.1, 0.15) is 35.3 Å². The van der Waals surface area contributed by atoms with Gasteiger partial charge in [0.15, 0.2) is 5.78 Å². The van der Waals surface area contributed by atoms with Crippen molar-refractivity contribution in [2.45, 2.75) is 26.6 Å². The van der Waals surface area contributed by atoms with Gasteiger partial charge in [-0.3, -0.25) is 4.79 Å². The van der Waals surface area contributed by atoms with Crippen LogP contribution in [0.4, 0.5) is 13.2 Å². The summed E-state index contributed by atoms with van der Waals surface area (Å²) in [6.07, 6.45) is -4.44. The molecule has 0 spiro atoms. The summed E-state index contributed by atoms with van der Waals surface area (Å²) in [4.78, 5) is 13.6. The van der Waals surface area contributed by atoms with Crippen LogP contribution >= 0.6 is 0 Å². The van der Waals surface area contributed by atoms with E-state index in [0.717, 1.165) is 12.1 Å². The maximum atomic E-state index is 12.8. The van der Waals surface area contributed by atoms with E-state index in [4.69, 9.17) is 0 Å². The summed E-state index contributed by atoms with van der Waals surface area (Å²) in [6, 6.07) is 3.57. The Morgan fingerprint density at radius 3 is 2.21 bits per heavy atom. The lowest BCUT2D eigenvalue weighted by Gasteiger charge is -2.15. The highest BCUT2D eigenvalue weighted by atomic mass is 19.4. The van der Waals surface area contributed by atoms with E-state index in [1.807, 2.05) is 0 Å². The van der Waals surface area contributed by atoms with Crippen molar-refractivity contribution in [2.24, 2.45) is 5.92 Å². The van der Waals surface area contributed by atoms with E-state index in [1.54, 1.807) is 32.8 Å². The number of carbonyl (C=O) groups excluding carboxylic acids is 1. The van der Waals surface area contributed by atoms with Crippen LogP contribution in [0, 0.1) is 5.92 Å². The van der Waals surface area contributed by atoms with E-state index in [9.17, 15) is 18.0 Å². The Bertz CT molecular complexity index is 464. The first-order chi connectivity index (χ1) is 8.61. The van der Waals surface area contributed by atoms with Crippen molar-refractivity contribution in [1.82, 2.24) is 4.90 Å². The Kier molecular flexibility index (Phi) is 4.74. The second-order valence-electron chi connectivity index (χ2n) is 5.17. The van der Waals surface area contributed by atoms with E-state index >= 15 is 0 Å². The number of nitrogens with zero attached hydrogens (tertiary/aromatic N) is 1. The minimum Gasteiger partial charge on any atom is -0.305 e. The lowest BCUT2D eigenvalue weighted by atomic mass is 9.96. The topological polar surface area (TPSA) is 20.3 Å². The molecule has 0 fully saturated rings. The fourth-order valence-electron chi connectivity index (χ4n) is 1.79. The molecule has 0 bridgehead atoms. The molecular formula is C14H18F3NO. The second-order valence-corrected chi connectivity index (χ2v) is 5.17. The Morgan fingerprint density at radius 1 is 1.21 bits per heavy atom. The van der Waals surface area contributed by atoms with Crippen LogP contribution in [0.5, 0.6) is 0 Å². The molecule has 2 nitrogen and oxygen atoms in total. The summed E-state index contributed by atoms with van der Waals surface area (Å²) in [5.41, 5.74) is -0.152. The summed E-state index contributed by atoms with van der Waals surface area (Å²) >= 11 is 0. The Hall–Kier alpha value is -1.36. The number of halogens is 3. The minimum atomic E-state index is -4.44. The van der Waals surface area contributed by atoms with Crippen molar-refractivity contribution in [1.29, 1.82) is 0 Å². The molecule has 0 unspecified atom stereocenters. The van der Waals surface area contributed by atoms with Crippen LogP contribution in [-0.2, 0) is 12.7 Å². The number of benzene rings is 1. The van der Waals surface area contributed by atoms with Gasteiger partial charge < -0.3 is 4.90 Å². The fraction of sp³-hybridized carbons (Fsp3) is 0.500. The molecule has 0 aliphatic heterocycles. The maximum absolute atomic E-state index is 12.8. The van der Waals surface area contributed by atoms with Crippen LogP contribution in [0.3, 0.4) is 0 Å². The summed E-state index contributed by atoms with van der Waals surface area (Å²) in [5, 5.41) is 0.